The van der Waals surface area contributed by atoms with Crippen molar-refractivity contribution < 1.29 is 0 Å². The lowest BCUT2D eigenvalue weighted by molar-refractivity contribution is 0.212. The van der Waals surface area contributed by atoms with E-state index in [2.05, 4.69) is 50.1 Å². The molecule has 126 valence electrons. The molecule has 4 heterocycles. The van der Waals surface area contributed by atoms with E-state index in [0.717, 1.165) is 53.8 Å². The minimum Gasteiger partial charge on any atom is -0.387 e. The van der Waals surface area contributed by atoms with Crippen LogP contribution in [0.3, 0.4) is 0 Å². The molecule has 0 atom stereocenters. The number of nitrogens with one attached hydrogen (secondary N) is 2. The van der Waals surface area contributed by atoms with Crippen LogP contribution in [0.2, 0.25) is 0 Å². The number of fused-ring (bicyclic) bond motifs is 1. The summed E-state index contributed by atoms with van der Waals surface area (Å²) in [6, 6.07) is 0.499. The van der Waals surface area contributed by atoms with Gasteiger partial charge in [0.1, 0.15) is 5.65 Å². The Labute approximate surface area is 141 Å². The number of hydrogen-bond donors (Lipinski definition) is 2. The molecule has 4 rings (SSSR count). The standard InChI is InChI=1S/C18H24N6/c1-12-8-20-18-16(12)17(19-2)15(10-21-18)13-9-22-24(11-13)14-4-6-23(3)7-5-14/h8-11,14H,4-7H2,1-3H3,(H2,19,20,21). The van der Waals surface area contributed by atoms with E-state index < -0.39 is 0 Å². The molecule has 0 aromatic carbocycles. The van der Waals surface area contributed by atoms with Gasteiger partial charge in [0.2, 0.25) is 0 Å². The summed E-state index contributed by atoms with van der Waals surface area (Å²) >= 11 is 0. The van der Waals surface area contributed by atoms with Crippen LogP contribution in [-0.4, -0.2) is 51.8 Å². The minimum atomic E-state index is 0.499. The van der Waals surface area contributed by atoms with Crippen LogP contribution in [0.25, 0.3) is 22.2 Å². The largest absolute Gasteiger partial charge is 0.387 e. The average molecular weight is 324 g/mol. The topological polar surface area (TPSA) is 61.8 Å². The van der Waals surface area contributed by atoms with Crippen molar-refractivity contribution in [2.75, 3.05) is 32.5 Å². The van der Waals surface area contributed by atoms with E-state index in [1.807, 2.05) is 25.6 Å². The van der Waals surface area contributed by atoms with E-state index in [-0.39, 0.29) is 0 Å². The number of rotatable bonds is 3. The van der Waals surface area contributed by atoms with Crippen molar-refractivity contribution in [3.05, 3.63) is 30.4 Å². The summed E-state index contributed by atoms with van der Waals surface area (Å²) in [6.07, 6.45) is 10.4. The number of piperidine rings is 1. The fourth-order valence-corrected chi connectivity index (χ4v) is 3.67. The van der Waals surface area contributed by atoms with Gasteiger partial charge in [0.25, 0.3) is 0 Å². The zero-order valence-electron chi connectivity index (χ0n) is 14.5. The Morgan fingerprint density at radius 3 is 2.79 bits per heavy atom. The number of likely N-dealkylation sites (tertiary alicyclic amines) is 1. The Hall–Kier alpha value is -2.34. The molecule has 0 aliphatic carbocycles. The van der Waals surface area contributed by atoms with Crippen molar-refractivity contribution in [2.24, 2.45) is 0 Å². The zero-order valence-corrected chi connectivity index (χ0v) is 14.5. The van der Waals surface area contributed by atoms with Crippen LogP contribution in [0.4, 0.5) is 5.69 Å². The maximum Gasteiger partial charge on any atom is 0.139 e. The maximum atomic E-state index is 4.64. The van der Waals surface area contributed by atoms with Crippen molar-refractivity contribution in [3.63, 3.8) is 0 Å². The molecule has 1 aliphatic heterocycles. The van der Waals surface area contributed by atoms with Gasteiger partial charge >= 0.3 is 0 Å². The predicted octanol–water partition coefficient (Wildman–Crippen LogP) is 3.04. The number of aromatic amines is 1. The van der Waals surface area contributed by atoms with Crippen molar-refractivity contribution in [2.45, 2.75) is 25.8 Å². The number of anilines is 1. The molecule has 0 amide bonds. The van der Waals surface area contributed by atoms with Gasteiger partial charge < -0.3 is 15.2 Å². The number of pyridine rings is 1. The highest BCUT2D eigenvalue weighted by Crippen LogP contribution is 2.35. The number of hydrogen-bond acceptors (Lipinski definition) is 4. The number of H-pyrrole nitrogens is 1. The first-order valence-corrected chi connectivity index (χ1v) is 8.55. The van der Waals surface area contributed by atoms with Gasteiger partial charge in [0.15, 0.2) is 0 Å². The SMILES string of the molecule is CNc1c(-c2cnn(C3CCN(C)CC3)c2)cnc2[nH]cc(C)c12. The molecule has 0 saturated carbocycles. The lowest BCUT2D eigenvalue weighted by atomic mass is 10.0. The van der Waals surface area contributed by atoms with E-state index in [1.54, 1.807) is 0 Å². The van der Waals surface area contributed by atoms with Crippen LogP contribution in [0.5, 0.6) is 0 Å². The van der Waals surface area contributed by atoms with Crippen molar-refractivity contribution in [3.8, 4) is 11.1 Å². The molecule has 0 spiro atoms. The van der Waals surface area contributed by atoms with E-state index in [4.69, 9.17) is 0 Å². The molecule has 3 aromatic rings. The lowest BCUT2D eigenvalue weighted by Gasteiger charge is -2.28. The lowest BCUT2D eigenvalue weighted by Crippen LogP contribution is -2.31. The summed E-state index contributed by atoms with van der Waals surface area (Å²) in [7, 11) is 4.15. The highest BCUT2D eigenvalue weighted by Gasteiger charge is 2.20. The molecule has 3 aromatic heterocycles. The molecule has 6 nitrogen and oxygen atoms in total. The molecule has 2 N–H and O–H groups in total. The Bertz CT molecular complexity index is 854. The van der Waals surface area contributed by atoms with Gasteiger partial charge in [-0.3, -0.25) is 4.68 Å². The van der Waals surface area contributed by atoms with Crippen LogP contribution < -0.4 is 5.32 Å². The van der Waals surface area contributed by atoms with Gasteiger partial charge in [-0.1, -0.05) is 0 Å². The van der Waals surface area contributed by atoms with E-state index in [0.29, 0.717) is 6.04 Å². The molecule has 6 heteroatoms. The predicted molar refractivity (Wildman–Crippen MR) is 97.4 cm³/mol. The van der Waals surface area contributed by atoms with Crippen molar-refractivity contribution in [1.29, 1.82) is 0 Å². The first-order chi connectivity index (χ1) is 11.7. The Balaban J connectivity index is 1.72. The number of aryl methyl sites for hydroxylation is 1. The number of nitrogens with zero attached hydrogens (tertiary/aromatic N) is 4. The molecule has 1 aliphatic rings. The molecule has 0 radical (unpaired) electrons. The minimum absolute atomic E-state index is 0.499. The fraction of sp³-hybridized carbons (Fsp3) is 0.444. The molecule has 24 heavy (non-hydrogen) atoms. The van der Waals surface area contributed by atoms with Gasteiger partial charge in [-0.05, 0) is 45.5 Å². The second kappa shape index (κ2) is 5.94. The molecular weight excluding hydrogens is 300 g/mol. The Morgan fingerprint density at radius 1 is 1.25 bits per heavy atom. The fourth-order valence-electron chi connectivity index (χ4n) is 3.67. The third-order valence-corrected chi connectivity index (χ3v) is 5.12. The average Bonchev–Trinajstić information content (AvgIpc) is 3.22. The monoisotopic (exact) mass is 324 g/mol. The van der Waals surface area contributed by atoms with Crippen LogP contribution in [-0.2, 0) is 0 Å². The Morgan fingerprint density at radius 2 is 2.04 bits per heavy atom. The molecule has 1 fully saturated rings. The van der Waals surface area contributed by atoms with Crippen LogP contribution >= 0.6 is 0 Å². The second-order valence-electron chi connectivity index (χ2n) is 6.74. The van der Waals surface area contributed by atoms with Crippen molar-refractivity contribution in [1.82, 2.24) is 24.6 Å². The quantitative estimate of drug-likeness (QED) is 0.777. The maximum absolute atomic E-state index is 4.64. The third kappa shape index (κ3) is 2.47. The summed E-state index contributed by atoms with van der Waals surface area (Å²) < 4.78 is 2.13. The third-order valence-electron chi connectivity index (χ3n) is 5.12. The van der Waals surface area contributed by atoms with Crippen LogP contribution in [0, 0.1) is 6.92 Å². The van der Waals surface area contributed by atoms with E-state index in [9.17, 15) is 0 Å². The summed E-state index contributed by atoms with van der Waals surface area (Å²) in [5.41, 5.74) is 5.46. The van der Waals surface area contributed by atoms with E-state index >= 15 is 0 Å². The van der Waals surface area contributed by atoms with Gasteiger partial charge in [-0.15, -0.1) is 0 Å². The summed E-state index contributed by atoms with van der Waals surface area (Å²) in [5.74, 6) is 0. The van der Waals surface area contributed by atoms with Crippen molar-refractivity contribution >= 4 is 16.7 Å². The van der Waals surface area contributed by atoms with Gasteiger partial charge in [-0.2, -0.15) is 5.10 Å². The van der Waals surface area contributed by atoms with Crippen LogP contribution in [0.15, 0.2) is 24.8 Å². The molecule has 1 saturated heterocycles. The first-order valence-electron chi connectivity index (χ1n) is 8.55. The van der Waals surface area contributed by atoms with Gasteiger partial charge in [0, 0.05) is 42.2 Å². The molecular formula is C18H24N6. The molecule has 0 bridgehead atoms. The summed E-state index contributed by atoms with van der Waals surface area (Å²) in [5, 5.41) is 9.15. The highest BCUT2D eigenvalue weighted by molar-refractivity contribution is 5.99. The smallest absolute Gasteiger partial charge is 0.139 e. The Kier molecular flexibility index (Phi) is 3.76. The summed E-state index contributed by atoms with van der Waals surface area (Å²) in [6.45, 7) is 4.38. The summed E-state index contributed by atoms with van der Waals surface area (Å²) in [4.78, 5) is 10.2. The van der Waals surface area contributed by atoms with Gasteiger partial charge in [0.05, 0.1) is 17.9 Å². The number of aromatic nitrogens is 4. The first kappa shape index (κ1) is 15.2. The second-order valence-corrected chi connectivity index (χ2v) is 6.74. The molecule has 0 unspecified atom stereocenters. The van der Waals surface area contributed by atoms with Crippen LogP contribution in [0.1, 0.15) is 24.4 Å². The van der Waals surface area contributed by atoms with E-state index in [1.165, 1.54) is 5.56 Å². The zero-order chi connectivity index (χ0) is 16.7. The van der Waals surface area contributed by atoms with Gasteiger partial charge in [-0.25, -0.2) is 4.98 Å². The normalized spacial score (nSPS) is 16.8. The highest BCUT2D eigenvalue weighted by atomic mass is 15.3.